The van der Waals surface area contributed by atoms with Crippen LogP contribution in [-0.2, 0) is 6.54 Å². The van der Waals surface area contributed by atoms with Crippen LogP contribution in [0.25, 0.3) is 0 Å². The lowest BCUT2D eigenvalue weighted by Crippen LogP contribution is -2.23. The van der Waals surface area contributed by atoms with Crippen molar-refractivity contribution in [2.45, 2.75) is 20.4 Å². The minimum Gasteiger partial charge on any atom is -0.370 e. The quantitative estimate of drug-likeness (QED) is 0.891. The fraction of sp³-hybridized carbons (Fsp3) is 0.308. The highest BCUT2D eigenvalue weighted by Gasteiger charge is 2.12. The summed E-state index contributed by atoms with van der Waals surface area (Å²) in [5, 5.41) is 9.08. The number of nitrogens with zero attached hydrogens (tertiary/aromatic N) is 2. The second kappa shape index (κ2) is 6.67. The molecule has 2 heterocycles. The molecule has 0 atom stereocenters. The van der Waals surface area contributed by atoms with Gasteiger partial charge in [-0.1, -0.05) is 11.6 Å². The van der Waals surface area contributed by atoms with Gasteiger partial charge < -0.3 is 10.6 Å². The predicted molar refractivity (Wildman–Crippen MR) is 81.4 cm³/mol. The van der Waals surface area contributed by atoms with E-state index in [1.807, 2.05) is 19.2 Å². The van der Waals surface area contributed by atoms with Gasteiger partial charge in [0.05, 0.1) is 27.8 Å². The van der Waals surface area contributed by atoms with Gasteiger partial charge in [-0.2, -0.15) is 0 Å². The highest BCUT2D eigenvalue weighted by molar-refractivity contribution is 7.09. The zero-order chi connectivity index (χ0) is 14.5. The van der Waals surface area contributed by atoms with Crippen LogP contribution >= 0.6 is 22.9 Å². The molecule has 0 fully saturated rings. The Balaban J connectivity index is 2.06. The van der Waals surface area contributed by atoms with E-state index in [9.17, 15) is 4.79 Å². The minimum absolute atomic E-state index is 0.234. The molecule has 0 aliphatic heterocycles. The molecule has 0 aliphatic rings. The number of amides is 1. The van der Waals surface area contributed by atoms with E-state index in [2.05, 4.69) is 20.6 Å². The molecule has 0 aliphatic carbocycles. The number of thiazole rings is 1. The van der Waals surface area contributed by atoms with E-state index >= 15 is 0 Å². The van der Waals surface area contributed by atoms with Crippen molar-refractivity contribution in [2.24, 2.45) is 0 Å². The molecule has 2 aromatic heterocycles. The first kappa shape index (κ1) is 14.7. The number of pyridine rings is 1. The maximum atomic E-state index is 12.1. The van der Waals surface area contributed by atoms with Gasteiger partial charge in [-0.05, 0) is 19.9 Å². The van der Waals surface area contributed by atoms with Gasteiger partial charge in [0.2, 0.25) is 0 Å². The van der Waals surface area contributed by atoms with E-state index in [4.69, 9.17) is 11.6 Å². The summed E-state index contributed by atoms with van der Waals surface area (Å²) >= 11 is 7.57. The minimum atomic E-state index is -0.234. The molecule has 5 nitrogen and oxygen atoms in total. The second-order valence-electron chi connectivity index (χ2n) is 4.12. The number of anilines is 1. The Morgan fingerprint density at radius 1 is 1.50 bits per heavy atom. The second-order valence-corrected chi connectivity index (χ2v) is 5.59. The Kier molecular flexibility index (Phi) is 4.92. The summed E-state index contributed by atoms with van der Waals surface area (Å²) in [6.45, 7) is 5.01. The molecule has 0 bridgehead atoms. The molecule has 2 rings (SSSR count). The number of aromatic nitrogens is 2. The Morgan fingerprint density at radius 3 is 2.95 bits per heavy atom. The van der Waals surface area contributed by atoms with E-state index in [1.165, 1.54) is 6.20 Å². The molecule has 0 saturated carbocycles. The van der Waals surface area contributed by atoms with Crippen LogP contribution in [0.15, 0.2) is 17.6 Å². The van der Waals surface area contributed by atoms with Crippen LogP contribution in [0, 0.1) is 6.92 Å². The third-order valence-corrected chi connectivity index (χ3v) is 3.68. The van der Waals surface area contributed by atoms with Gasteiger partial charge in [-0.3, -0.25) is 4.79 Å². The Bertz CT molecular complexity index is 614. The molecule has 2 N–H and O–H groups in total. The van der Waals surface area contributed by atoms with Crippen molar-refractivity contribution in [3.05, 3.63) is 38.9 Å². The van der Waals surface area contributed by atoms with E-state index < -0.39 is 0 Å². The number of hydrogen-bond acceptors (Lipinski definition) is 5. The maximum Gasteiger partial charge on any atom is 0.253 e. The molecule has 7 heteroatoms. The molecular weight excluding hydrogens is 296 g/mol. The number of hydrogen-bond donors (Lipinski definition) is 2. The Morgan fingerprint density at radius 2 is 2.30 bits per heavy atom. The van der Waals surface area contributed by atoms with Gasteiger partial charge in [-0.25, -0.2) is 9.97 Å². The molecule has 2 aromatic rings. The van der Waals surface area contributed by atoms with Crippen molar-refractivity contribution in [1.29, 1.82) is 0 Å². The number of halogens is 1. The van der Waals surface area contributed by atoms with Gasteiger partial charge in [0.1, 0.15) is 5.82 Å². The first-order chi connectivity index (χ1) is 9.60. The lowest BCUT2D eigenvalue weighted by Gasteiger charge is -2.08. The zero-order valence-electron chi connectivity index (χ0n) is 11.2. The third kappa shape index (κ3) is 3.68. The summed E-state index contributed by atoms with van der Waals surface area (Å²) in [7, 11) is 0. The van der Waals surface area contributed by atoms with Crippen LogP contribution < -0.4 is 10.6 Å². The van der Waals surface area contributed by atoms with E-state index in [1.54, 1.807) is 17.4 Å². The summed E-state index contributed by atoms with van der Waals surface area (Å²) in [5.41, 5.74) is 1.25. The first-order valence-electron chi connectivity index (χ1n) is 6.18. The SMILES string of the molecule is CCNc1cc(C(=O)NCc2csc(C)n2)c(Cl)cn1. The van der Waals surface area contributed by atoms with Crippen LogP contribution in [0.4, 0.5) is 5.82 Å². The normalized spacial score (nSPS) is 10.3. The number of rotatable bonds is 5. The third-order valence-electron chi connectivity index (χ3n) is 2.55. The molecule has 0 saturated heterocycles. The molecule has 0 aromatic carbocycles. The molecule has 1 amide bonds. The van der Waals surface area contributed by atoms with Gasteiger partial charge >= 0.3 is 0 Å². The Labute approximate surface area is 126 Å². The molecule has 0 spiro atoms. The highest BCUT2D eigenvalue weighted by atomic mass is 35.5. The van der Waals surface area contributed by atoms with Crippen LogP contribution in [0.2, 0.25) is 5.02 Å². The predicted octanol–water partition coefficient (Wildman–Crippen LogP) is 2.86. The van der Waals surface area contributed by atoms with Gasteiger partial charge in [-0.15, -0.1) is 11.3 Å². The Hall–Kier alpha value is -1.66. The van der Waals surface area contributed by atoms with Crippen molar-refractivity contribution < 1.29 is 4.79 Å². The van der Waals surface area contributed by atoms with Crippen molar-refractivity contribution in [1.82, 2.24) is 15.3 Å². The summed E-state index contributed by atoms with van der Waals surface area (Å²) in [4.78, 5) is 20.5. The lowest BCUT2D eigenvalue weighted by atomic mass is 10.2. The van der Waals surface area contributed by atoms with Crippen molar-refractivity contribution in [2.75, 3.05) is 11.9 Å². The number of aryl methyl sites for hydroxylation is 1. The molecule has 20 heavy (non-hydrogen) atoms. The van der Waals surface area contributed by atoms with Crippen LogP contribution in [0.5, 0.6) is 0 Å². The number of nitrogens with one attached hydrogen (secondary N) is 2. The summed E-state index contributed by atoms with van der Waals surface area (Å²) in [6.07, 6.45) is 1.47. The number of carbonyl (C=O) groups is 1. The van der Waals surface area contributed by atoms with Gasteiger partial charge in [0.25, 0.3) is 5.91 Å². The van der Waals surface area contributed by atoms with E-state index in [0.717, 1.165) is 17.2 Å². The molecule has 106 valence electrons. The summed E-state index contributed by atoms with van der Waals surface area (Å²) < 4.78 is 0. The molecule has 0 radical (unpaired) electrons. The topological polar surface area (TPSA) is 66.9 Å². The summed E-state index contributed by atoms with van der Waals surface area (Å²) in [5.74, 6) is 0.397. The van der Waals surface area contributed by atoms with Gasteiger partial charge in [0.15, 0.2) is 0 Å². The smallest absolute Gasteiger partial charge is 0.253 e. The van der Waals surface area contributed by atoms with Crippen LogP contribution in [0.3, 0.4) is 0 Å². The highest BCUT2D eigenvalue weighted by Crippen LogP contribution is 2.18. The molecular formula is C13H15ClN4OS. The number of carbonyl (C=O) groups excluding carboxylic acids is 1. The average Bonchev–Trinajstić information content (AvgIpc) is 2.84. The average molecular weight is 311 g/mol. The molecule has 0 unspecified atom stereocenters. The van der Waals surface area contributed by atoms with Crippen molar-refractivity contribution in [3.63, 3.8) is 0 Å². The van der Waals surface area contributed by atoms with Crippen LogP contribution in [-0.4, -0.2) is 22.4 Å². The van der Waals surface area contributed by atoms with Gasteiger partial charge in [0, 0.05) is 18.1 Å². The largest absolute Gasteiger partial charge is 0.370 e. The van der Waals surface area contributed by atoms with Crippen molar-refractivity contribution in [3.8, 4) is 0 Å². The lowest BCUT2D eigenvalue weighted by molar-refractivity contribution is 0.0950. The van der Waals surface area contributed by atoms with E-state index in [-0.39, 0.29) is 5.91 Å². The fourth-order valence-electron chi connectivity index (χ4n) is 1.65. The van der Waals surface area contributed by atoms with E-state index in [0.29, 0.717) is 22.9 Å². The van der Waals surface area contributed by atoms with Crippen LogP contribution in [0.1, 0.15) is 28.0 Å². The summed E-state index contributed by atoms with van der Waals surface area (Å²) in [6, 6.07) is 1.65. The zero-order valence-corrected chi connectivity index (χ0v) is 12.8. The standard InChI is InChI=1S/C13H15ClN4OS/c1-3-15-12-4-10(11(14)6-16-12)13(19)17-5-9-7-20-8(2)18-9/h4,6-7H,3,5H2,1-2H3,(H,15,16)(H,17,19). The maximum absolute atomic E-state index is 12.1. The fourth-order valence-corrected chi connectivity index (χ4v) is 2.45. The first-order valence-corrected chi connectivity index (χ1v) is 7.44. The monoisotopic (exact) mass is 310 g/mol. The van der Waals surface area contributed by atoms with Crippen molar-refractivity contribution >= 4 is 34.7 Å².